The lowest BCUT2D eigenvalue weighted by molar-refractivity contribution is -0.141. The van der Waals surface area contributed by atoms with E-state index in [9.17, 15) is 9.59 Å². The smallest absolute Gasteiger partial charge is 0.407 e. The van der Waals surface area contributed by atoms with Gasteiger partial charge in [-0.25, -0.2) is 4.79 Å². The number of carbonyl (C=O) groups excluding carboxylic acids is 1. The third-order valence-corrected chi connectivity index (χ3v) is 2.49. The summed E-state index contributed by atoms with van der Waals surface area (Å²) >= 11 is 0. The Kier molecular flexibility index (Phi) is 4.82. The van der Waals surface area contributed by atoms with Crippen LogP contribution in [0, 0.1) is 11.8 Å². The van der Waals surface area contributed by atoms with E-state index in [2.05, 4.69) is 16.6 Å². The van der Waals surface area contributed by atoms with Gasteiger partial charge in [-0.3, -0.25) is 4.79 Å². The number of rotatable bonds is 7. The van der Waals surface area contributed by atoms with Gasteiger partial charge < -0.3 is 15.2 Å². The van der Waals surface area contributed by atoms with Crippen LogP contribution in [0.25, 0.3) is 0 Å². The Bertz CT molecular complexity index is 273. The van der Waals surface area contributed by atoms with Crippen LogP contribution in [0.5, 0.6) is 0 Å². The molecular weight excluding hydrogens is 210 g/mol. The van der Waals surface area contributed by atoms with Crippen molar-refractivity contribution in [3.8, 4) is 0 Å². The van der Waals surface area contributed by atoms with Gasteiger partial charge in [-0.1, -0.05) is 25.5 Å². The van der Waals surface area contributed by atoms with Crippen molar-refractivity contribution in [2.24, 2.45) is 11.8 Å². The van der Waals surface area contributed by atoms with E-state index in [4.69, 9.17) is 5.11 Å². The number of ether oxygens (including phenoxy) is 1. The predicted octanol–water partition coefficient (Wildman–Crippen LogP) is 1.40. The molecule has 0 spiro atoms. The summed E-state index contributed by atoms with van der Waals surface area (Å²) in [5.41, 5.74) is 0. The lowest BCUT2D eigenvalue weighted by Gasteiger charge is -2.12. The summed E-state index contributed by atoms with van der Waals surface area (Å²) in [6.45, 7) is 3.66. The molecule has 1 rings (SSSR count). The van der Waals surface area contributed by atoms with E-state index in [-0.39, 0.29) is 13.2 Å². The molecule has 5 nitrogen and oxygen atoms in total. The largest absolute Gasteiger partial charge is 0.481 e. The highest BCUT2D eigenvalue weighted by atomic mass is 16.5. The molecule has 1 aliphatic carbocycles. The van der Waals surface area contributed by atoms with Gasteiger partial charge in [0.2, 0.25) is 0 Å². The molecule has 0 aromatic carbocycles. The summed E-state index contributed by atoms with van der Waals surface area (Å²) in [6, 6.07) is 0. The maximum Gasteiger partial charge on any atom is 0.407 e. The minimum atomic E-state index is -0.865. The molecule has 2 N–H and O–H groups in total. The molecule has 90 valence electrons. The van der Waals surface area contributed by atoms with Crippen LogP contribution in [-0.2, 0) is 9.53 Å². The van der Waals surface area contributed by atoms with Crippen molar-refractivity contribution in [3.63, 3.8) is 0 Å². The maximum atomic E-state index is 11.1. The van der Waals surface area contributed by atoms with Crippen LogP contribution >= 0.6 is 0 Å². The average Bonchev–Trinajstić information content (AvgIpc) is 3.04. The van der Waals surface area contributed by atoms with Gasteiger partial charge in [-0.05, 0) is 12.3 Å². The van der Waals surface area contributed by atoms with Crippen molar-refractivity contribution < 1.29 is 19.4 Å². The van der Waals surface area contributed by atoms with Crippen molar-refractivity contribution in [2.45, 2.75) is 19.3 Å². The van der Waals surface area contributed by atoms with E-state index in [1.807, 2.05) is 0 Å². The molecule has 1 amide bonds. The Morgan fingerprint density at radius 3 is 2.75 bits per heavy atom. The lowest BCUT2D eigenvalue weighted by atomic mass is 10.0. The summed E-state index contributed by atoms with van der Waals surface area (Å²) in [5, 5.41) is 11.4. The fourth-order valence-corrected chi connectivity index (χ4v) is 1.42. The molecule has 16 heavy (non-hydrogen) atoms. The molecule has 0 bridgehead atoms. The fourth-order valence-electron chi connectivity index (χ4n) is 1.42. The van der Waals surface area contributed by atoms with Gasteiger partial charge in [-0.2, -0.15) is 0 Å². The van der Waals surface area contributed by atoms with E-state index in [0.29, 0.717) is 12.3 Å². The highest BCUT2D eigenvalue weighted by Gasteiger charge is 2.29. The molecule has 1 aliphatic rings. The minimum Gasteiger partial charge on any atom is -0.481 e. The number of carboxylic acids is 1. The normalized spacial score (nSPS) is 16.2. The molecular formula is C11H17NO4. The van der Waals surface area contributed by atoms with Crippen molar-refractivity contribution in [2.75, 3.05) is 13.2 Å². The molecule has 0 radical (unpaired) electrons. The molecule has 0 aromatic heterocycles. The standard InChI is InChI=1S/C11H17NO4/c1-2-5-16-11(15)12-7-9(10(13)14)6-8-3-4-8/h2,8-9H,1,3-7H2,(H,12,15)(H,13,14). The molecule has 1 fully saturated rings. The lowest BCUT2D eigenvalue weighted by Crippen LogP contribution is -2.33. The summed E-state index contributed by atoms with van der Waals surface area (Å²) in [5.74, 6) is -0.855. The van der Waals surface area contributed by atoms with Crippen LogP contribution in [0.4, 0.5) is 4.79 Å². The third kappa shape index (κ3) is 4.82. The van der Waals surface area contributed by atoms with Crippen LogP contribution in [0.1, 0.15) is 19.3 Å². The summed E-state index contributed by atoms with van der Waals surface area (Å²) in [6.07, 6.45) is 3.70. The van der Waals surface area contributed by atoms with Crippen LogP contribution < -0.4 is 5.32 Å². The molecule has 0 heterocycles. The van der Waals surface area contributed by atoms with Gasteiger partial charge in [0.25, 0.3) is 0 Å². The molecule has 1 unspecified atom stereocenters. The van der Waals surface area contributed by atoms with Crippen LogP contribution in [0.3, 0.4) is 0 Å². The Morgan fingerprint density at radius 1 is 1.56 bits per heavy atom. The van der Waals surface area contributed by atoms with Crippen LogP contribution in [0.2, 0.25) is 0 Å². The zero-order valence-corrected chi connectivity index (χ0v) is 9.15. The Morgan fingerprint density at radius 2 is 2.25 bits per heavy atom. The van der Waals surface area contributed by atoms with E-state index in [1.54, 1.807) is 0 Å². The van der Waals surface area contributed by atoms with E-state index < -0.39 is 18.0 Å². The second kappa shape index (κ2) is 6.15. The second-order valence-electron chi connectivity index (χ2n) is 3.98. The van der Waals surface area contributed by atoms with Crippen molar-refractivity contribution in [1.82, 2.24) is 5.32 Å². The van der Waals surface area contributed by atoms with Crippen LogP contribution in [-0.4, -0.2) is 30.3 Å². The number of aliphatic carboxylic acids is 1. The Balaban J connectivity index is 2.22. The van der Waals surface area contributed by atoms with Gasteiger partial charge in [0.05, 0.1) is 5.92 Å². The minimum absolute atomic E-state index is 0.127. The molecule has 1 saturated carbocycles. The number of hydrogen-bond acceptors (Lipinski definition) is 3. The topological polar surface area (TPSA) is 75.6 Å². The first kappa shape index (κ1) is 12.5. The highest BCUT2D eigenvalue weighted by Crippen LogP contribution is 2.35. The number of alkyl carbamates (subject to hydrolysis) is 1. The highest BCUT2D eigenvalue weighted by molar-refractivity contribution is 5.72. The second-order valence-corrected chi connectivity index (χ2v) is 3.98. The number of nitrogens with one attached hydrogen (secondary N) is 1. The monoisotopic (exact) mass is 227 g/mol. The van der Waals surface area contributed by atoms with E-state index >= 15 is 0 Å². The number of amides is 1. The zero-order chi connectivity index (χ0) is 12.0. The van der Waals surface area contributed by atoms with Gasteiger partial charge in [0, 0.05) is 6.54 Å². The average molecular weight is 227 g/mol. The van der Waals surface area contributed by atoms with Gasteiger partial charge >= 0.3 is 12.1 Å². The molecule has 0 aliphatic heterocycles. The van der Waals surface area contributed by atoms with Gasteiger partial charge in [0.1, 0.15) is 6.61 Å². The van der Waals surface area contributed by atoms with Gasteiger partial charge in [-0.15, -0.1) is 0 Å². The Labute approximate surface area is 94.5 Å². The summed E-state index contributed by atoms with van der Waals surface area (Å²) in [7, 11) is 0. The maximum absolute atomic E-state index is 11.1. The summed E-state index contributed by atoms with van der Waals surface area (Å²) < 4.78 is 4.68. The third-order valence-electron chi connectivity index (χ3n) is 2.49. The predicted molar refractivity (Wildman–Crippen MR) is 58.0 cm³/mol. The molecule has 0 aromatic rings. The fraction of sp³-hybridized carbons (Fsp3) is 0.636. The summed E-state index contributed by atoms with van der Waals surface area (Å²) in [4.78, 5) is 21.9. The number of hydrogen-bond donors (Lipinski definition) is 2. The first-order chi connectivity index (χ1) is 7.63. The molecule has 5 heteroatoms. The number of carboxylic acid groups (broad SMARTS) is 1. The quantitative estimate of drug-likeness (QED) is 0.644. The van der Waals surface area contributed by atoms with Crippen LogP contribution in [0.15, 0.2) is 12.7 Å². The van der Waals surface area contributed by atoms with Crippen molar-refractivity contribution in [1.29, 1.82) is 0 Å². The van der Waals surface area contributed by atoms with Crippen molar-refractivity contribution in [3.05, 3.63) is 12.7 Å². The van der Waals surface area contributed by atoms with Gasteiger partial charge in [0.15, 0.2) is 0 Å². The zero-order valence-electron chi connectivity index (χ0n) is 9.15. The molecule has 1 atom stereocenters. The number of carbonyl (C=O) groups is 2. The Hall–Kier alpha value is -1.52. The molecule has 0 saturated heterocycles. The first-order valence-electron chi connectivity index (χ1n) is 5.37. The van der Waals surface area contributed by atoms with E-state index in [0.717, 1.165) is 12.8 Å². The van der Waals surface area contributed by atoms with Crippen molar-refractivity contribution >= 4 is 12.1 Å². The first-order valence-corrected chi connectivity index (χ1v) is 5.37. The van der Waals surface area contributed by atoms with E-state index in [1.165, 1.54) is 6.08 Å². The SMILES string of the molecule is C=CCOC(=O)NCC(CC1CC1)C(=O)O.